The van der Waals surface area contributed by atoms with Crippen molar-refractivity contribution in [3.63, 3.8) is 0 Å². The minimum absolute atomic E-state index is 0.189. The van der Waals surface area contributed by atoms with Gasteiger partial charge in [0.05, 0.1) is 11.3 Å². The monoisotopic (exact) mass is 239 g/mol. The zero-order valence-corrected chi connectivity index (χ0v) is 10.9. The smallest absolute Gasteiger partial charge is 0.283 e. The summed E-state index contributed by atoms with van der Waals surface area (Å²) in [5, 5.41) is 19.3. The van der Waals surface area contributed by atoms with Gasteiger partial charge in [0.15, 0.2) is 0 Å². The summed E-state index contributed by atoms with van der Waals surface area (Å²) in [6, 6.07) is 3.19. The first-order chi connectivity index (χ1) is 7.69. The first kappa shape index (κ1) is 13.8. The molecule has 0 aliphatic heterocycles. The second kappa shape index (κ2) is 4.92. The van der Waals surface area contributed by atoms with E-state index in [2.05, 4.69) is 0 Å². The Morgan fingerprint density at radius 2 is 2.00 bits per heavy atom. The normalized spacial score (nSPS) is 13.7. The molecule has 17 heavy (non-hydrogen) atoms. The van der Waals surface area contributed by atoms with Crippen LogP contribution in [0.5, 0.6) is 0 Å². The van der Waals surface area contributed by atoms with Crippen LogP contribution in [0, 0.1) is 12.8 Å². The van der Waals surface area contributed by atoms with E-state index in [1.807, 2.05) is 13.8 Å². The van der Waals surface area contributed by atoms with Gasteiger partial charge in [-0.2, -0.15) is 4.73 Å². The summed E-state index contributed by atoms with van der Waals surface area (Å²) in [7, 11) is 0. The molecule has 1 aromatic heterocycles. The highest BCUT2D eigenvalue weighted by atomic mass is 16.5. The molecule has 0 bridgehead atoms. The second-order valence-corrected chi connectivity index (χ2v) is 5.50. The fraction of sp³-hybridized carbons (Fsp3) is 0.615. The van der Waals surface area contributed by atoms with Crippen LogP contribution < -0.4 is 5.56 Å². The Balaban J connectivity index is 2.85. The van der Waals surface area contributed by atoms with E-state index in [-0.39, 0.29) is 5.92 Å². The molecule has 2 N–H and O–H groups in total. The van der Waals surface area contributed by atoms with Crippen LogP contribution in [0.25, 0.3) is 0 Å². The van der Waals surface area contributed by atoms with E-state index >= 15 is 0 Å². The third kappa shape index (κ3) is 4.23. The molecular formula is C13H21NO3. The van der Waals surface area contributed by atoms with Gasteiger partial charge >= 0.3 is 0 Å². The molecule has 1 aromatic rings. The van der Waals surface area contributed by atoms with Crippen molar-refractivity contribution in [2.75, 3.05) is 0 Å². The molecule has 0 amide bonds. The van der Waals surface area contributed by atoms with Crippen LogP contribution in [-0.4, -0.2) is 20.6 Å². The third-order valence-electron chi connectivity index (χ3n) is 2.63. The highest BCUT2D eigenvalue weighted by Gasteiger charge is 2.18. The Hall–Kier alpha value is -1.29. The highest BCUT2D eigenvalue weighted by molar-refractivity contribution is 5.16. The van der Waals surface area contributed by atoms with Crippen LogP contribution >= 0.6 is 0 Å². The molecular weight excluding hydrogens is 218 g/mol. The van der Waals surface area contributed by atoms with Gasteiger partial charge in [-0.3, -0.25) is 4.79 Å². The standard InChI is InChI=1S/C13H21NO3/c1-9-5-11(14(17)12(15)7-9)6-10(2)8-13(3,4)16/h5,7,10,16-17H,6,8H2,1-4H3/t10-/m0/s1. The summed E-state index contributed by atoms with van der Waals surface area (Å²) in [5.74, 6) is 0.189. The Morgan fingerprint density at radius 3 is 2.53 bits per heavy atom. The lowest BCUT2D eigenvalue weighted by molar-refractivity contribution is 0.0538. The zero-order chi connectivity index (χ0) is 13.2. The average molecular weight is 239 g/mol. The van der Waals surface area contributed by atoms with Gasteiger partial charge < -0.3 is 10.3 Å². The van der Waals surface area contributed by atoms with Gasteiger partial charge in [0, 0.05) is 6.07 Å². The summed E-state index contributed by atoms with van der Waals surface area (Å²) in [4.78, 5) is 11.4. The first-order valence-electron chi connectivity index (χ1n) is 5.83. The first-order valence-corrected chi connectivity index (χ1v) is 5.83. The van der Waals surface area contributed by atoms with Gasteiger partial charge in [-0.15, -0.1) is 0 Å². The van der Waals surface area contributed by atoms with Crippen LogP contribution in [0.2, 0.25) is 0 Å². The van der Waals surface area contributed by atoms with Crippen molar-refractivity contribution in [2.24, 2.45) is 5.92 Å². The van der Waals surface area contributed by atoms with E-state index in [1.165, 1.54) is 6.07 Å². The molecule has 1 heterocycles. The number of aliphatic hydroxyl groups is 1. The minimum Gasteiger partial charge on any atom is -0.425 e. The summed E-state index contributed by atoms with van der Waals surface area (Å²) >= 11 is 0. The molecule has 4 nitrogen and oxygen atoms in total. The molecule has 0 aliphatic rings. The zero-order valence-electron chi connectivity index (χ0n) is 10.9. The molecule has 0 aliphatic carbocycles. The maximum Gasteiger partial charge on any atom is 0.283 e. The van der Waals surface area contributed by atoms with Gasteiger partial charge in [0.25, 0.3) is 5.56 Å². The molecule has 0 unspecified atom stereocenters. The van der Waals surface area contributed by atoms with E-state index in [9.17, 15) is 15.1 Å². The molecule has 0 radical (unpaired) electrons. The SMILES string of the molecule is Cc1cc(C[C@H](C)CC(C)(C)O)n(O)c(=O)c1. The number of hydrogen-bond donors (Lipinski definition) is 2. The lowest BCUT2D eigenvalue weighted by Crippen LogP contribution is -2.26. The van der Waals surface area contributed by atoms with E-state index in [4.69, 9.17) is 0 Å². The Morgan fingerprint density at radius 1 is 1.41 bits per heavy atom. The number of hydrogen-bond acceptors (Lipinski definition) is 3. The van der Waals surface area contributed by atoms with Crippen LogP contribution in [0.4, 0.5) is 0 Å². The highest BCUT2D eigenvalue weighted by Crippen LogP contribution is 2.19. The topological polar surface area (TPSA) is 62.5 Å². The number of aromatic nitrogens is 1. The molecule has 0 fully saturated rings. The molecule has 0 saturated carbocycles. The largest absolute Gasteiger partial charge is 0.425 e. The van der Waals surface area contributed by atoms with Gasteiger partial charge in [0.2, 0.25) is 0 Å². The molecule has 96 valence electrons. The molecule has 1 rings (SSSR count). The molecule has 4 heteroatoms. The summed E-state index contributed by atoms with van der Waals surface area (Å²) in [6.45, 7) is 7.33. The fourth-order valence-electron chi connectivity index (χ4n) is 2.19. The van der Waals surface area contributed by atoms with Crippen molar-refractivity contribution < 1.29 is 10.3 Å². The number of rotatable bonds is 4. The van der Waals surface area contributed by atoms with Gasteiger partial charge in [-0.25, -0.2) is 0 Å². The number of aryl methyl sites for hydroxylation is 1. The van der Waals surface area contributed by atoms with E-state index < -0.39 is 11.2 Å². The average Bonchev–Trinajstić information content (AvgIpc) is 2.10. The van der Waals surface area contributed by atoms with Crippen molar-refractivity contribution in [3.05, 3.63) is 33.7 Å². The maximum absolute atomic E-state index is 11.4. The lowest BCUT2D eigenvalue weighted by atomic mass is 9.91. The summed E-state index contributed by atoms with van der Waals surface area (Å²) < 4.78 is 0.688. The van der Waals surface area contributed by atoms with E-state index in [0.29, 0.717) is 23.3 Å². The summed E-state index contributed by atoms with van der Waals surface area (Å²) in [6.07, 6.45) is 1.19. The maximum atomic E-state index is 11.4. The van der Waals surface area contributed by atoms with Gasteiger partial charge in [-0.1, -0.05) is 6.92 Å². The second-order valence-electron chi connectivity index (χ2n) is 5.50. The van der Waals surface area contributed by atoms with Crippen LogP contribution in [0.1, 0.15) is 38.4 Å². The molecule has 0 aromatic carbocycles. The summed E-state index contributed by atoms with van der Waals surface area (Å²) in [5.41, 5.74) is 0.289. The van der Waals surface area contributed by atoms with Crippen molar-refractivity contribution in [2.45, 2.75) is 46.1 Å². The van der Waals surface area contributed by atoms with Crippen LogP contribution in [-0.2, 0) is 6.42 Å². The lowest BCUT2D eigenvalue weighted by Gasteiger charge is -2.22. The molecule has 0 spiro atoms. The Labute approximate surface area is 101 Å². The number of pyridine rings is 1. The van der Waals surface area contributed by atoms with Crippen molar-refractivity contribution >= 4 is 0 Å². The Kier molecular flexibility index (Phi) is 3.98. The quantitative estimate of drug-likeness (QED) is 0.787. The van der Waals surface area contributed by atoms with Crippen molar-refractivity contribution in [1.29, 1.82) is 0 Å². The van der Waals surface area contributed by atoms with Gasteiger partial charge in [0.1, 0.15) is 0 Å². The Bertz CT molecular complexity index is 443. The van der Waals surface area contributed by atoms with Gasteiger partial charge in [-0.05, 0) is 51.2 Å². The van der Waals surface area contributed by atoms with Crippen LogP contribution in [0.3, 0.4) is 0 Å². The third-order valence-corrected chi connectivity index (χ3v) is 2.63. The van der Waals surface area contributed by atoms with E-state index in [1.54, 1.807) is 19.9 Å². The number of nitrogens with zero attached hydrogens (tertiary/aromatic N) is 1. The molecule has 1 atom stereocenters. The van der Waals surface area contributed by atoms with Crippen molar-refractivity contribution in [3.8, 4) is 0 Å². The fourth-order valence-corrected chi connectivity index (χ4v) is 2.19. The van der Waals surface area contributed by atoms with Crippen molar-refractivity contribution in [1.82, 2.24) is 4.73 Å². The van der Waals surface area contributed by atoms with E-state index in [0.717, 1.165) is 5.56 Å². The predicted octanol–water partition coefficient (Wildman–Crippen LogP) is 1.73. The molecule has 0 saturated heterocycles. The van der Waals surface area contributed by atoms with Crippen LogP contribution in [0.15, 0.2) is 16.9 Å². The predicted molar refractivity (Wildman–Crippen MR) is 66.4 cm³/mol. The minimum atomic E-state index is -0.732.